The summed E-state index contributed by atoms with van der Waals surface area (Å²) in [7, 11) is -0.870. The van der Waals surface area contributed by atoms with E-state index in [-0.39, 0.29) is 11.0 Å². The van der Waals surface area contributed by atoms with Gasteiger partial charge in [-0.1, -0.05) is 0 Å². The molecular formula is C2H10O3P. The second kappa shape index (κ2) is 8.89. The molecule has 0 amide bonds. The summed E-state index contributed by atoms with van der Waals surface area (Å²) < 4.78 is 9.59. The predicted octanol–water partition coefficient (Wildman–Crippen LogP) is -0.576. The zero-order valence-electron chi connectivity index (χ0n) is 3.86. The Hall–Kier alpha value is 0.0200. The maximum absolute atomic E-state index is 9.59. The van der Waals surface area contributed by atoms with E-state index >= 15 is 0 Å². The monoisotopic (exact) mass is 113 g/mol. The quantitative estimate of drug-likeness (QED) is 0.387. The van der Waals surface area contributed by atoms with E-state index in [0.29, 0.717) is 0 Å². The molecule has 0 bridgehead atoms. The van der Waals surface area contributed by atoms with Gasteiger partial charge in [0.05, 0.1) is 7.80 Å². The van der Waals surface area contributed by atoms with Crippen LogP contribution < -0.4 is 0 Å². The van der Waals surface area contributed by atoms with Crippen LogP contribution in [-0.4, -0.2) is 24.3 Å². The first-order chi connectivity index (χ1) is 1.73. The minimum absolute atomic E-state index is 0. The normalized spacial score (nSPS) is 4.33. The van der Waals surface area contributed by atoms with Crippen molar-refractivity contribution in [3.63, 3.8) is 0 Å². The molecule has 0 unspecified atom stereocenters. The molecular weight excluding hydrogens is 103 g/mol. The van der Waals surface area contributed by atoms with E-state index in [2.05, 4.69) is 0 Å². The topological polar surface area (TPSA) is 80.1 Å². The van der Waals surface area contributed by atoms with Crippen LogP contribution in [0.15, 0.2) is 0 Å². The molecule has 4 heteroatoms. The predicted molar refractivity (Wildman–Crippen MR) is 26.7 cm³/mol. The number of hydrogen-bond donors (Lipinski definition) is 0. The molecule has 0 saturated heterocycles. The van der Waals surface area contributed by atoms with Crippen molar-refractivity contribution >= 4 is 7.80 Å². The highest BCUT2D eigenvalue weighted by molar-refractivity contribution is 7.42. The summed E-state index contributed by atoms with van der Waals surface area (Å²) in [6, 6.07) is 0. The minimum Gasteiger partial charge on any atom is -0.412 e. The largest absolute Gasteiger partial charge is 0.412 e. The fourth-order valence-corrected chi connectivity index (χ4v) is 0. The van der Waals surface area contributed by atoms with Crippen molar-refractivity contribution < 1.29 is 15.5 Å². The molecule has 0 rings (SSSR count). The second-order valence-corrected chi connectivity index (χ2v) is 2.44. The molecule has 0 heterocycles. The Labute approximate surface area is 37.8 Å². The van der Waals surface area contributed by atoms with Crippen molar-refractivity contribution in [2.24, 2.45) is 0 Å². The Morgan fingerprint density at radius 1 is 1.17 bits per heavy atom. The SMILES string of the molecule is C[P](C)=O.O.O. The Kier molecular flexibility index (Phi) is 24.7. The fraction of sp³-hybridized carbons (Fsp3) is 1.00. The first-order valence-corrected chi connectivity index (χ1v) is 3.23. The van der Waals surface area contributed by atoms with Crippen molar-refractivity contribution in [2.45, 2.75) is 0 Å². The summed E-state index contributed by atoms with van der Waals surface area (Å²) in [5, 5.41) is 0. The van der Waals surface area contributed by atoms with Crippen LogP contribution in [0.1, 0.15) is 0 Å². The van der Waals surface area contributed by atoms with Crippen molar-refractivity contribution in [1.29, 1.82) is 0 Å². The lowest BCUT2D eigenvalue weighted by atomic mass is 11.9. The Morgan fingerprint density at radius 2 is 1.17 bits per heavy atom. The van der Waals surface area contributed by atoms with E-state index in [9.17, 15) is 4.57 Å². The van der Waals surface area contributed by atoms with Gasteiger partial charge in [-0.05, 0) is 0 Å². The van der Waals surface area contributed by atoms with Gasteiger partial charge in [-0.3, -0.25) is 4.57 Å². The lowest BCUT2D eigenvalue weighted by molar-refractivity contribution is 0.594. The molecule has 4 N–H and O–H groups in total. The third-order valence-electron chi connectivity index (χ3n) is 0. The highest BCUT2D eigenvalue weighted by atomic mass is 31.1. The second-order valence-electron chi connectivity index (χ2n) is 0.812. The van der Waals surface area contributed by atoms with Gasteiger partial charge in [0.15, 0.2) is 0 Å². The summed E-state index contributed by atoms with van der Waals surface area (Å²) in [6.45, 7) is 3.35. The molecule has 41 valence electrons. The van der Waals surface area contributed by atoms with Crippen LogP contribution in [0.3, 0.4) is 0 Å². The lowest BCUT2D eigenvalue weighted by Gasteiger charge is -1.58. The van der Waals surface area contributed by atoms with Crippen LogP contribution in [-0.2, 0) is 4.57 Å². The van der Waals surface area contributed by atoms with E-state index in [0.717, 1.165) is 0 Å². The standard InChI is InChI=1S/C2H6OP.2H2O/c1-4(2)3;;/h1-2H3;2*1H2. The van der Waals surface area contributed by atoms with Crippen molar-refractivity contribution in [2.75, 3.05) is 13.3 Å². The van der Waals surface area contributed by atoms with Crippen molar-refractivity contribution in [3.8, 4) is 0 Å². The van der Waals surface area contributed by atoms with Crippen LogP contribution in [0, 0.1) is 0 Å². The molecule has 6 heavy (non-hydrogen) atoms. The Morgan fingerprint density at radius 3 is 1.17 bits per heavy atom. The van der Waals surface area contributed by atoms with Gasteiger partial charge in [0.25, 0.3) is 0 Å². The molecule has 0 aliphatic carbocycles. The first kappa shape index (κ1) is 16.6. The Bertz CT molecular complexity index is 31.8. The molecule has 1 radical (unpaired) electrons. The molecule has 3 nitrogen and oxygen atoms in total. The highest BCUT2D eigenvalue weighted by Gasteiger charge is 1.59. The zero-order valence-corrected chi connectivity index (χ0v) is 4.75. The maximum Gasteiger partial charge on any atom is 0.0655 e. The van der Waals surface area contributed by atoms with Crippen molar-refractivity contribution in [1.82, 2.24) is 0 Å². The van der Waals surface area contributed by atoms with Crippen LogP contribution in [0.5, 0.6) is 0 Å². The fourth-order valence-electron chi connectivity index (χ4n) is 0. The van der Waals surface area contributed by atoms with Gasteiger partial charge in [0, 0.05) is 13.3 Å². The van der Waals surface area contributed by atoms with E-state index in [1.54, 1.807) is 13.3 Å². The first-order valence-electron chi connectivity index (χ1n) is 1.08. The van der Waals surface area contributed by atoms with Gasteiger partial charge in [-0.15, -0.1) is 0 Å². The third-order valence-corrected chi connectivity index (χ3v) is 0. The van der Waals surface area contributed by atoms with Crippen LogP contribution in [0.25, 0.3) is 0 Å². The molecule has 0 saturated carbocycles. The van der Waals surface area contributed by atoms with Gasteiger partial charge in [0.2, 0.25) is 0 Å². The van der Waals surface area contributed by atoms with Gasteiger partial charge >= 0.3 is 0 Å². The van der Waals surface area contributed by atoms with Crippen LogP contribution >= 0.6 is 7.80 Å². The average Bonchev–Trinajstić information content (AvgIpc) is 0.811. The van der Waals surface area contributed by atoms with E-state index in [1.807, 2.05) is 0 Å². The van der Waals surface area contributed by atoms with Crippen LogP contribution in [0.4, 0.5) is 0 Å². The minimum atomic E-state index is -0.870. The zero-order chi connectivity index (χ0) is 3.58. The molecule has 0 aliphatic heterocycles. The van der Waals surface area contributed by atoms with E-state index in [4.69, 9.17) is 0 Å². The van der Waals surface area contributed by atoms with Gasteiger partial charge in [0.1, 0.15) is 0 Å². The summed E-state index contributed by atoms with van der Waals surface area (Å²) in [4.78, 5) is 0. The highest BCUT2D eigenvalue weighted by Crippen LogP contribution is 2.00. The summed E-state index contributed by atoms with van der Waals surface area (Å²) in [5.41, 5.74) is 0. The van der Waals surface area contributed by atoms with Crippen LogP contribution in [0.2, 0.25) is 0 Å². The molecule has 0 fully saturated rings. The third kappa shape index (κ3) is 91700. The molecule has 0 aliphatic rings. The maximum atomic E-state index is 9.59. The number of hydrogen-bond acceptors (Lipinski definition) is 1. The summed E-state index contributed by atoms with van der Waals surface area (Å²) in [5.74, 6) is 0. The molecule has 0 atom stereocenters. The number of rotatable bonds is 0. The molecule has 0 spiro atoms. The molecule has 0 aromatic rings. The van der Waals surface area contributed by atoms with Gasteiger partial charge in [-0.25, -0.2) is 0 Å². The Balaban J connectivity index is -0.0000000450. The average molecular weight is 113 g/mol. The molecule has 0 aromatic carbocycles. The van der Waals surface area contributed by atoms with Gasteiger partial charge in [-0.2, -0.15) is 0 Å². The van der Waals surface area contributed by atoms with E-state index in [1.165, 1.54) is 0 Å². The lowest BCUT2D eigenvalue weighted by Crippen LogP contribution is -1.33. The van der Waals surface area contributed by atoms with E-state index < -0.39 is 7.80 Å². The summed E-state index contributed by atoms with van der Waals surface area (Å²) >= 11 is 0. The summed E-state index contributed by atoms with van der Waals surface area (Å²) in [6.07, 6.45) is 0. The van der Waals surface area contributed by atoms with Crippen molar-refractivity contribution in [3.05, 3.63) is 0 Å². The van der Waals surface area contributed by atoms with Gasteiger partial charge < -0.3 is 11.0 Å². The molecule has 0 aromatic heterocycles. The smallest absolute Gasteiger partial charge is 0.0655 e.